The quantitative estimate of drug-likeness (QED) is 0.929. The second-order valence-corrected chi connectivity index (χ2v) is 6.65. The fraction of sp³-hybridized carbons (Fsp3) is 0.611. The third-order valence-electron chi connectivity index (χ3n) is 4.98. The van der Waals surface area contributed by atoms with Crippen molar-refractivity contribution in [3.05, 3.63) is 35.9 Å². The van der Waals surface area contributed by atoms with Crippen LogP contribution in [0.4, 0.5) is 0 Å². The molecule has 0 spiro atoms. The first-order chi connectivity index (χ1) is 10.7. The molecule has 1 saturated carbocycles. The van der Waals surface area contributed by atoms with E-state index in [-0.39, 0.29) is 12.0 Å². The molecule has 1 aromatic rings. The van der Waals surface area contributed by atoms with E-state index >= 15 is 0 Å². The van der Waals surface area contributed by atoms with Gasteiger partial charge in [0.05, 0.1) is 18.2 Å². The van der Waals surface area contributed by atoms with Crippen molar-refractivity contribution >= 4 is 5.91 Å². The van der Waals surface area contributed by atoms with Crippen LogP contribution in [0.2, 0.25) is 0 Å². The van der Waals surface area contributed by atoms with Crippen molar-refractivity contribution in [3.63, 3.8) is 0 Å². The van der Waals surface area contributed by atoms with Crippen molar-refractivity contribution in [1.29, 1.82) is 0 Å². The Kier molecular flexibility index (Phi) is 4.79. The van der Waals surface area contributed by atoms with Crippen LogP contribution in [0.25, 0.3) is 0 Å². The topological polar surface area (TPSA) is 55.6 Å². The molecule has 1 saturated heterocycles. The Morgan fingerprint density at radius 3 is 2.45 bits per heavy atom. The van der Waals surface area contributed by atoms with Crippen molar-refractivity contribution in [2.75, 3.05) is 13.1 Å². The molecule has 4 nitrogen and oxygen atoms in total. The van der Waals surface area contributed by atoms with Gasteiger partial charge in [0.15, 0.2) is 0 Å². The van der Waals surface area contributed by atoms with Crippen molar-refractivity contribution in [1.82, 2.24) is 4.90 Å². The summed E-state index contributed by atoms with van der Waals surface area (Å²) in [5, 5.41) is 0. The molecule has 1 aliphatic heterocycles. The predicted molar refractivity (Wildman–Crippen MR) is 86.2 cm³/mol. The van der Waals surface area contributed by atoms with E-state index in [1.807, 2.05) is 23.1 Å². The number of carbonyl (C=O) groups is 1. The Bertz CT molecular complexity index is 489. The molecule has 2 N–H and O–H groups in total. The Morgan fingerprint density at radius 1 is 1.18 bits per heavy atom. The van der Waals surface area contributed by atoms with Gasteiger partial charge in [-0.1, -0.05) is 43.2 Å². The second kappa shape index (κ2) is 6.80. The smallest absolute Gasteiger partial charge is 0.242 e. The highest BCUT2D eigenvalue weighted by Gasteiger charge is 2.40. The van der Waals surface area contributed by atoms with E-state index < -0.39 is 5.54 Å². The van der Waals surface area contributed by atoms with Gasteiger partial charge in [-0.3, -0.25) is 4.79 Å². The van der Waals surface area contributed by atoms with Crippen LogP contribution in [-0.2, 0) is 16.1 Å². The standard InChI is InChI=1S/C18H26N2O2/c19-18(10-4-5-11-18)17(21)20-12-8-16(9-13-20)22-14-15-6-2-1-3-7-15/h1-3,6-7,16H,4-5,8-14,19H2. The van der Waals surface area contributed by atoms with Crippen LogP contribution in [0.15, 0.2) is 30.3 Å². The van der Waals surface area contributed by atoms with Crippen molar-refractivity contribution in [2.24, 2.45) is 5.73 Å². The zero-order valence-electron chi connectivity index (χ0n) is 13.2. The Hall–Kier alpha value is -1.39. The number of ether oxygens (including phenoxy) is 1. The number of amides is 1. The van der Waals surface area contributed by atoms with Gasteiger partial charge in [0.25, 0.3) is 0 Å². The van der Waals surface area contributed by atoms with Crippen LogP contribution in [0.5, 0.6) is 0 Å². The van der Waals surface area contributed by atoms with Gasteiger partial charge in [-0.25, -0.2) is 0 Å². The molecule has 0 bridgehead atoms. The summed E-state index contributed by atoms with van der Waals surface area (Å²) in [6, 6.07) is 10.2. The number of piperidine rings is 1. The normalized spacial score (nSPS) is 22.0. The number of carbonyl (C=O) groups excluding carboxylic acids is 1. The molecule has 120 valence electrons. The van der Waals surface area contributed by atoms with Crippen LogP contribution >= 0.6 is 0 Å². The minimum atomic E-state index is -0.586. The van der Waals surface area contributed by atoms with E-state index in [0.29, 0.717) is 6.61 Å². The summed E-state index contributed by atoms with van der Waals surface area (Å²) >= 11 is 0. The summed E-state index contributed by atoms with van der Waals surface area (Å²) in [5.41, 5.74) is 6.90. The Balaban J connectivity index is 1.45. The largest absolute Gasteiger partial charge is 0.373 e. The van der Waals surface area contributed by atoms with Gasteiger partial charge in [0.1, 0.15) is 0 Å². The molecule has 2 aliphatic rings. The summed E-state index contributed by atoms with van der Waals surface area (Å²) in [6.07, 6.45) is 5.93. The van der Waals surface area contributed by atoms with E-state index in [9.17, 15) is 4.79 Å². The van der Waals surface area contributed by atoms with Crippen LogP contribution < -0.4 is 5.73 Å². The number of hydrogen-bond donors (Lipinski definition) is 1. The Morgan fingerprint density at radius 2 is 1.82 bits per heavy atom. The first-order valence-corrected chi connectivity index (χ1v) is 8.41. The maximum absolute atomic E-state index is 12.6. The molecule has 1 aromatic carbocycles. The fourth-order valence-corrected chi connectivity index (χ4v) is 3.55. The first kappa shape index (κ1) is 15.5. The molecule has 1 heterocycles. The van der Waals surface area contributed by atoms with Gasteiger partial charge in [0.2, 0.25) is 5.91 Å². The monoisotopic (exact) mass is 302 g/mol. The van der Waals surface area contributed by atoms with Crippen molar-refractivity contribution in [3.8, 4) is 0 Å². The Labute approximate surface area is 132 Å². The molecule has 2 fully saturated rings. The van der Waals surface area contributed by atoms with Gasteiger partial charge < -0.3 is 15.4 Å². The van der Waals surface area contributed by atoms with Crippen molar-refractivity contribution < 1.29 is 9.53 Å². The molecule has 4 heteroatoms. The SMILES string of the molecule is NC1(C(=O)N2CCC(OCc3ccccc3)CC2)CCCC1. The fourth-order valence-electron chi connectivity index (χ4n) is 3.55. The maximum Gasteiger partial charge on any atom is 0.242 e. The summed E-state index contributed by atoms with van der Waals surface area (Å²) in [5.74, 6) is 0.159. The summed E-state index contributed by atoms with van der Waals surface area (Å²) in [7, 11) is 0. The van der Waals surface area contributed by atoms with Gasteiger partial charge in [0, 0.05) is 13.1 Å². The first-order valence-electron chi connectivity index (χ1n) is 8.41. The van der Waals surface area contributed by atoms with Crippen LogP contribution in [0.3, 0.4) is 0 Å². The summed E-state index contributed by atoms with van der Waals surface area (Å²) in [4.78, 5) is 14.5. The molecule has 0 atom stereocenters. The van der Waals surface area contributed by atoms with E-state index in [1.165, 1.54) is 5.56 Å². The average Bonchev–Trinajstić information content (AvgIpc) is 3.02. The lowest BCUT2D eigenvalue weighted by atomic mass is 9.95. The van der Waals surface area contributed by atoms with E-state index in [1.54, 1.807) is 0 Å². The minimum absolute atomic E-state index is 0.159. The molecule has 0 aromatic heterocycles. The lowest BCUT2D eigenvalue weighted by Gasteiger charge is -2.36. The van der Waals surface area contributed by atoms with Crippen LogP contribution in [0.1, 0.15) is 44.1 Å². The molecule has 0 unspecified atom stereocenters. The van der Waals surface area contributed by atoms with E-state index in [2.05, 4.69) is 12.1 Å². The number of nitrogens with zero attached hydrogens (tertiary/aromatic N) is 1. The highest BCUT2D eigenvalue weighted by Crippen LogP contribution is 2.30. The molecule has 1 amide bonds. The van der Waals surface area contributed by atoms with Gasteiger partial charge >= 0.3 is 0 Å². The molecule has 22 heavy (non-hydrogen) atoms. The highest BCUT2D eigenvalue weighted by molar-refractivity contribution is 5.86. The van der Waals surface area contributed by atoms with E-state index in [0.717, 1.165) is 51.6 Å². The second-order valence-electron chi connectivity index (χ2n) is 6.65. The number of rotatable bonds is 4. The molecular weight excluding hydrogens is 276 g/mol. The van der Waals surface area contributed by atoms with Gasteiger partial charge in [-0.2, -0.15) is 0 Å². The van der Waals surface area contributed by atoms with Crippen molar-refractivity contribution in [2.45, 2.75) is 56.8 Å². The van der Waals surface area contributed by atoms with Crippen LogP contribution in [-0.4, -0.2) is 35.5 Å². The molecule has 3 rings (SSSR count). The zero-order valence-corrected chi connectivity index (χ0v) is 13.2. The number of hydrogen-bond acceptors (Lipinski definition) is 3. The molecular formula is C18H26N2O2. The predicted octanol–water partition coefficient (Wildman–Crippen LogP) is 2.47. The lowest BCUT2D eigenvalue weighted by molar-refractivity contribution is -0.139. The third kappa shape index (κ3) is 3.50. The number of benzene rings is 1. The number of likely N-dealkylation sites (tertiary alicyclic amines) is 1. The van der Waals surface area contributed by atoms with Gasteiger partial charge in [-0.05, 0) is 31.2 Å². The minimum Gasteiger partial charge on any atom is -0.373 e. The molecule has 1 aliphatic carbocycles. The summed E-state index contributed by atoms with van der Waals surface area (Å²) in [6.45, 7) is 2.20. The average molecular weight is 302 g/mol. The van der Waals surface area contributed by atoms with Gasteiger partial charge in [-0.15, -0.1) is 0 Å². The molecule has 0 radical (unpaired) electrons. The summed E-state index contributed by atoms with van der Waals surface area (Å²) < 4.78 is 5.98. The van der Waals surface area contributed by atoms with Crippen LogP contribution in [0, 0.1) is 0 Å². The van der Waals surface area contributed by atoms with E-state index in [4.69, 9.17) is 10.5 Å². The lowest BCUT2D eigenvalue weighted by Crippen LogP contribution is -2.55. The zero-order chi connectivity index (χ0) is 15.4. The third-order valence-corrected chi connectivity index (χ3v) is 4.98. The maximum atomic E-state index is 12.6. The number of nitrogens with two attached hydrogens (primary N) is 1. The highest BCUT2D eigenvalue weighted by atomic mass is 16.5.